The van der Waals surface area contributed by atoms with E-state index in [0.717, 1.165) is 30.1 Å². The van der Waals surface area contributed by atoms with Gasteiger partial charge in [-0.3, -0.25) is 0 Å². The van der Waals surface area contributed by atoms with Crippen molar-refractivity contribution in [1.82, 2.24) is 10.3 Å². The average Bonchev–Trinajstić information content (AvgIpc) is 2.72. The van der Waals surface area contributed by atoms with E-state index in [9.17, 15) is 8.42 Å². The topological polar surface area (TPSA) is 59.1 Å². The number of sulfone groups is 1. The highest BCUT2D eigenvalue weighted by molar-refractivity contribution is 7.91. The van der Waals surface area contributed by atoms with Crippen molar-refractivity contribution in [3.05, 3.63) is 15.6 Å². The zero-order valence-electron chi connectivity index (χ0n) is 10.2. The molecule has 1 atom stereocenters. The second kappa shape index (κ2) is 5.04. The van der Waals surface area contributed by atoms with E-state index in [0.29, 0.717) is 11.5 Å². The summed E-state index contributed by atoms with van der Waals surface area (Å²) < 4.78 is 22.5. The van der Waals surface area contributed by atoms with Crippen LogP contribution in [0.15, 0.2) is 0 Å². The number of hydrogen-bond acceptors (Lipinski definition) is 5. The molecule has 1 unspecified atom stereocenters. The number of nitrogens with one attached hydrogen (secondary N) is 1. The van der Waals surface area contributed by atoms with Crippen LogP contribution >= 0.6 is 11.3 Å². The lowest BCUT2D eigenvalue weighted by Gasteiger charge is -2.08. The molecule has 0 amide bonds. The molecule has 2 heterocycles. The van der Waals surface area contributed by atoms with Crippen molar-refractivity contribution >= 4 is 21.2 Å². The molecule has 17 heavy (non-hydrogen) atoms. The molecule has 0 spiro atoms. The molecule has 1 aromatic heterocycles. The van der Waals surface area contributed by atoms with Crippen molar-refractivity contribution < 1.29 is 8.42 Å². The Morgan fingerprint density at radius 2 is 2.24 bits per heavy atom. The van der Waals surface area contributed by atoms with Gasteiger partial charge >= 0.3 is 0 Å². The van der Waals surface area contributed by atoms with Gasteiger partial charge in [-0.15, -0.1) is 11.3 Å². The van der Waals surface area contributed by atoms with Gasteiger partial charge < -0.3 is 5.32 Å². The Bertz CT molecular complexity index is 474. The fourth-order valence-electron chi connectivity index (χ4n) is 1.99. The molecule has 1 saturated heterocycles. The summed E-state index contributed by atoms with van der Waals surface area (Å²) >= 11 is 1.73. The highest BCUT2D eigenvalue weighted by Crippen LogP contribution is 2.17. The number of nitrogens with zero attached hydrogens (tertiary/aromatic N) is 1. The molecule has 1 aliphatic rings. The molecule has 6 heteroatoms. The number of thiazole rings is 1. The Balaban J connectivity index is 1.77. The van der Waals surface area contributed by atoms with E-state index in [1.54, 1.807) is 11.3 Å². The number of aromatic nitrogens is 1. The number of aryl methyl sites for hydroxylation is 2. The molecule has 2 rings (SSSR count). The van der Waals surface area contributed by atoms with Crippen molar-refractivity contribution in [3.63, 3.8) is 0 Å². The van der Waals surface area contributed by atoms with Gasteiger partial charge in [0.25, 0.3) is 0 Å². The van der Waals surface area contributed by atoms with Crippen molar-refractivity contribution in [2.75, 3.05) is 18.1 Å². The summed E-state index contributed by atoms with van der Waals surface area (Å²) in [7, 11) is -2.77. The highest BCUT2D eigenvalue weighted by Gasteiger charge is 2.27. The molecule has 1 N–H and O–H groups in total. The molecular weight excluding hydrogens is 256 g/mol. The SMILES string of the molecule is Cc1nc(CCNC2CCS(=O)(=O)C2)sc1C. The minimum absolute atomic E-state index is 0.141. The minimum Gasteiger partial charge on any atom is -0.313 e. The fraction of sp³-hybridized carbons (Fsp3) is 0.727. The molecule has 0 aliphatic carbocycles. The smallest absolute Gasteiger partial charge is 0.151 e. The second-order valence-electron chi connectivity index (χ2n) is 4.55. The van der Waals surface area contributed by atoms with Crippen molar-refractivity contribution in [1.29, 1.82) is 0 Å². The summed E-state index contributed by atoms with van der Waals surface area (Å²) in [6, 6.07) is 0.141. The molecule has 0 aromatic carbocycles. The van der Waals surface area contributed by atoms with E-state index in [4.69, 9.17) is 0 Å². The third-order valence-corrected chi connectivity index (χ3v) is 5.98. The second-order valence-corrected chi connectivity index (χ2v) is 8.07. The molecular formula is C11H18N2O2S2. The predicted molar refractivity (Wildman–Crippen MR) is 70.4 cm³/mol. The molecule has 0 saturated carbocycles. The van der Waals surface area contributed by atoms with Gasteiger partial charge in [0.05, 0.1) is 22.2 Å². The van der Waals surface area contributed by atoms with Crippen LogP contribution in [0.1, 0.15) is 22.0 Å². The first kappa shape index (κ1) is 13.0. The molecule has 0 radical (unpaired) electrons. The molecule has 1 aliphatic heterocycles. The zero-order valence-corrected chi connectivity index (χ0v) is 11.8. The summed E-state index contributed by atoms with van der Waals surface area (Å²) in [5.74, 6) is 0.628. The van der Waals surface area contributed by atoms with Gasteiger partial charge in [-0.1, -0.05) is 0 Å². The third kappa shape index (κ3) is 3.50. The first-order chi connectivity index (χ1) is 7.96. The highest BCUT2D eigenvalue weighted by atomic mass is 32.2. The lowest BCUT2D eigenvalue weighted by atomic mass is 10.2. The fourth-order valence-corrected chi connectivity index (χ4v) is 4.63. The van der Waals surface area contributed by atoms with Crippen LogP contribution in [0.2, 0.25) is 0 Å². The lowest BCUT2D eigenvalue weighted by molar-refractivity contribution is 0.556. The minimum atomic E-state index is -2.77. The maximum atomic E-state index is 11.3. The van der Waals surface area contributed by atoms with E-state index in [-0.39, 0.29) is 6.04 Å². The van der Waals surface area contributed by atoms with E-state index in [1.165, 1.54) is 4.88 Å². The van der Waals surface area contributed by atoms with Crippen LogP contribution in [0.4, 0.5) is 0 Å². The molecule has 96 valence electrons. The van der Waals surface area contributed by atoms with Gasteiger partial charge in [0.1, 0.15) is 0 Å². The van der Waals surface area contributed by atoms with Gasteiger partial charge in [0.2, 0.25) is 0 Å². The van der Waals surface area contributed by atoms with E-state index >= 15 is 0 Å². The maximum absolute atomic E-state index is 11.3. The molecule has 1 aromatic rings. The van der Waals surface area contributed by atoms with E-state index in [1.807, 2.05) is 6.92 Å². The van der Waals surface area contributed by atoms with Crippen LogP contribution in [0.5, 0.6) is 0 Å². The standard InChI is InChI=1S/C11H18N2O2S2/c1-8-9(2)16-11(13-8)3-5-12-10-4-6-17(14,15)7-10/h10,12H,3-7H2,1-2H3. The zero-order chi connectivity index (χ0) is 12.5. The van der Waals surface area contributed by atoms with Crippen LogP contribution in [-0.2, 0) is 16.3 Å². The van der Waals surface area contributed by atoms with Crippen LogP contribution in [0.3, 0.4) is 0 Å². The van der Waals surface area contributed by atoms with Crippen LogP contribution in [-0.4, -0.2) is 37.5 Å². The van der Waals surface area contributed by atoms with Crippen LogP contribution < -0.4 is 5.32 Å². The lowest BCUT2D eigenvalue weighted by Crippen LogP contribution is -2.31. The largest absolute Gasteiger partial charge is 0.313 e. The Hall–Kier alpha value is -0.460. The molecule has 4 nitrogen and oxygen atoms in total. The summed E-state index contributed by atoms with van der Waals surface area (Å²) in [6.45, 7) is 4.91. The van der Waals surface area contributed by atoms with Crippen LogP contribution in [0, 0.1) is 13.8 Å². The van der Waals surface area contributed by atoms with Gasteiger partial charge in [0.15, 0.2) is 9.84 Å². The number of rotatable bonds is 4. The normalized spacial score (nSPS) is 23.1. The first-order valence-corrected chi connectivity index (χ1v) is 8.47. The van der Waals surface area contributed by atoms with Crippen molar-refractivity contribution in [2.45, 2.75) is 32.7 Å². The van der Waals surface area contributed by atoms with Gasteiger partial charge in [0, 0.05) is 23.9 Å². The van der Waals surface area contributed by atoms with E-state index < -0.39 is 9.84 Å². The average molecular weight is 274 g/mol. The Morgan fingerprint density at radius 1 is 1.47 bits per heavy atom. The monoisotopic (exact) mass is 274 g/mol. The quantitative estimate of drug-likeness (QED) is 0.892. The van der Waals surface area contributed by atoms with Crippen molar-refractivity contribution in [3.8, 4) is 0 Å². The molecule has 0 bridgehead atoms. The predicted octanol–water partition coefficient (Wildman–Crippen LogP) is 1.08. The summed E-state index contributed by atoms with van der Waals surface area (Å²) in [6.07, 6.45) is 1.63. The summed E-state index contributed by atoms with van der Waals surface area (Å²) in [4.78, 5) is 5.73. The van der Waals surface area contributed by atoms with Gasteiger partial charge in [-0.25, -0.2) is 13.4 Å². The summed E-state index contributed by atoms with van der Waals surface area (Å²) in [5, 5.41) is 4.43. The Labute approximate surface area is 106 Å². The van der Waals surface area contributed by atoms with E-state index in [2.05, 4.69) is 17.2 Å². The maximum Gasteiger partial charge on any atom is 0.151 e. The third-order valence-electron chi connectivity index (χ3n) is 3.08. The van der Waals surface area contributed by atoms with Gasteiger partial charge in [-0.2, -0.15) is 0 Å². The first-order valence-electron chi connectivity index (χ1n) is 5.83. The molecule has 1 fully saturated rings. The Morgan fingerprint density at radius 3 is 2.76 bits per heavy atom. The van der Waals surface area contributed by atoms with Gasteiger partial charge in [-0.05, 0) is 20.3 Å². The Kier molecular flexibility index (Phi) is 3.85. The summed E-state index contributed by atoms with van der Waals surface area (Å²) in [5.41, 5.74) is 1.11. The van der Waals surface area contributed by atoms with Crippen LogP contribution in [0.25, 0.3) is 0 Å². The number of hydrogen-bond donors (Lipinski definition) is 1. The van der Waals surface area contributed by atoms with Crippen molar-refractivity contribution in [2.24, 2.45) is 0 Å².